The summed E-state index contributed by atoms with van der Waals surface area (Å²) in [6.45, 7) is 5.41. The van der Waals surface area contributed by atoms with Gasteiger partial charge >= 0.3 is 5.97 Å². The van der Waals surface area contributed by atoms with Crippen molar-refractivity contribution in [2.75, 3.05) is 18.8 Å². The molecule has 66 valence electrons. The Bertz CT molecular complexity index is 126. The third-order valence-corrected chi connectivity index (χ3v) is 2.06. The summed E-state index contributed by atoms with van der Waals surface area (Å²) in [5, 5.41) is 8.72. The average molecular weight is 177 g/mol. The number of carboxylic acid groups (broad SMARTS) is 1. The molecule has 0 aromatic rings. The second-order valence-electron chi connectivity index (χ2n) is 2.26. The van der Waals surface area contributed by atoms with E-state index in [1.54, 1.807) is 0 Å². The predicted molar refractivity (Wildman–Crippen MR) is 48.2 cm³/mol. The van der Waals surface area contributed by atoms with Crippen LogP contribution in [0.3, 0.4) is 0 Å². The Morgan fingerprint density at radius 2 is 2.00 bits per heavy atom. The van der Waals surface area contributed by atoms with Gasteiger partial charge in [0.25, 0.3) is 0 Å². The predicted octanol–water partition coefficient (Wildman–Crippen LogP) is 0.711. The maximum Gasteiger partial charge on any atom is 0.321 e. The van der Waals surface area contributed by atoms with Gasteiger partial charge in [0.05, 0.1) is 0 Å². The number of rotatable bonds is 5. The molecule has 11 heavy (non-hydrogen) atoms. The number of hydrogen-bond acceptors (Lipinski definition) is 3. The number of aliphatic carboxylic acids is 1. The van der Waals surface area contributed by atoms with Gasteiger partial charge in [-0.25, -0.2) is 0 Å². The first-order valence-electron chi connectivity index (χ1n) is 3.75. The lowest BCUT2D eigenvalue weighted by atomic mass is 10.3. The molecule has 0 aliphatic heterocycles. The molecule has 0 aromatic carbocycles. The fourth-order valence-corrected chi connectivity index (χ4v) is 1.40. The normalized spacial score (nSPS) is 13.5. The molecule has 0 amide bonds. The lowest BCUT2D eigenvalue weighted by Crippen LogP contribution is -2.42. The summed E-state index contributed by atoms with van der Waals surface area (Å²) < 4.78 is 0. The van der Waals surface area contributed by atoms with Crippen LogP contribution in [0.4, 0.5) is 0 Å². The third-order valence-electron chi connectivity index (χ3n) is 1.71. The van der Waals surface area contributed by atoms with Gasteiger partial charge in [0, 0.05) is 5.75 Å². The molecule has 0 rings (SSSR count). The van der Waals surface area contributed by atoms with Crippen molar-refractivity contribution in [3.05, 3.63) is 0 Å². The molecule has 3 nitrogen and oxygen atoms in total. The fraction of sp³-hybridized carbons (Fsp3) is 0.857. The molecule has 1 N–H and O–H groups in total. The highest BCUT2D eigenvalue weighted by molar-refractivity contribution is 7.80. The van der Waals surface area contributed by atoms with E-state index in [0.29, 0.717) is 5.75 Å². The van der Waals surface area contributed by atoms with Gasteiger partial charge < -0.3 is 5.11 Å². The van der Waals surface area contributed by atoms with Crippen molar-refractivity contribution in [1.29, 1.82) is 0 Å². The SMILES string of the molecule is CCN(CC)[C@@H](CS)C(=O)O. The Morgan fingerprint density at radius 1 is 1.55 bits per heavy atom. The molecule has 0 aliphatic carbocycles. The van der Waals surface area contributed by atoms with Gasteiger partial charge in [0.1, 0.15) is 6.04 Å². The van der Waals surface area contributed by atoms with Crippen LogP contribution in [0, 0.1) is 0 Å². The van der Waals surface area contributed by atoms with E-state index in [-0.39, 0.29) is 0 Å². The monoisotopic (exact) mass is 177 g/mol. The van der Waals surface area contributed by atoms with E-state index in [4.69, 9.17) is 5.11 Å². The van der Waals surface area contributed by atoms with Crippen LogP contribution in [-0.4, -0.2) is 40.9 Å². The van der Waals surface area contributed by atoms with Gasteiger partial charge in [-0.2, -0.15) is 12.6 Å². The first-order valence-corrected chi connectivity index (χ1v) is 4.38. The van der Waals surface area contributed by atoms with Crippen molar-refractivity contribution in [3.63, 3.8) is 0 Å². The van der Waals surface area contributed by atoms with Crippen LogP contribution in [0.2, 0.25) is 0 Å². The minimum absolute atomic E-state index is 0.372. The van der Waals surface area contributed by atoms with Crippen LogP contribution >= 0.6 is 12.6 Å². The van der Waals surface area contributed by atoms with Crippen molar-refractivity contribution >= 4 is 18.6 Å². The molecule has 0 unspecified atom stereocenters. The highest BCUT2D eigenvalue weighted by atomic mass is 32.1. The molecule has 0 heterocycles. The van der Waals surface area contributed by atoms with Crippen LogP contribution < -0.4 is 0 Å². The Hall–Kier alpha value is -0.220. The lowest BCUT2D eigenvalue weighted by molar-refractivity contribution is -0.142. The second-order valence-corrected chi connectivity index (χ2v) is 2.62. The zero-order valence-corrected chi connectivity index (χ0v) is 7.84. The maximum atomic E-state index is 10.6. The Labute approximate surface area is 72.8 Å². The summed E-state index contributed by atoms with van der Waals surface area (Å²) >= 11 is 3.98. The summed E-state index contributed by atoms with van der Waals surface area (Å²) in [5.41, 5.74) is 0. The van der Waals surface area contributed by atoms with Gasteiger partial charge in [0.2, 0.25) is 0 Å². The van der Waals surface area contributed by atoms with E-state index in [1.165, 1.54) is 0 Å². The van der Waals surface area contributed by atoms with Gasteiger partial charge in [-0.1, -0.05) is 13.8 Å². The van der Waals surface area contributed by atoms with Gasteiger partial charge in [-0.05, 0) is 13.1 Å². The number of likely N-dealkylation sites (N-methyl/N-ethyl adjacent to an activating group) is 1. The van der Waals surface area contributed by atoms with Gasteiger partial charge in [-0.15, -0.1) is 0 Å². The molecule has 0 aromatic heterocycles. The smallest absolute Gasteiger partial charge is 0.321 e. The first kappa shape index (κ1) is 10.8. The van der Waals surface area contributed by atoms with Crippen LogP contribution in [-0.2, 0) is 4.79 Å². The summed E-state index contributed by atoms with van der Waals surface area (Å²) in [5.74, 6) is -0.416. The molecule has 0 fully saturated rings. The number of carbonyl (C=O) groups is 1. The zero-order chi connectivity index (χ0) is 8.85. The molecule has 0 aliphatic rings. The molecule has 0 saturated heterocycles. The van der Waals surface area contributed by atoms with Gasteiger partial charge in [0.15, 0.2) is 0 Å². The third kappa shape index (κ3) is 3.12. The minimum Gasteiger partial charge on any atom is -0.480 e. The Balaban J connectivity index is 4.09. The zero-order valence-electron chi connectivity index (χ0n) is 6.95. The minimum atomic E-state index is -0.788. The van der Waals surface area contributed by atoms with Crippen molar-refractivity contribution in [2.24, 2.45) is 0 Å². The average Bonchev–Trinajstić information content (AvgIpc) is 1.99. The number of carboxylic acids is 1. The van der Waals surface area contributed by atoms with Crippen molar-refractivity contribution < 1.29 is 9.90 Å². The summed E-state index contributed by atoms with van der Waals surface area (Å²) in [7, 11) is 0. The van der Waals surface area contributed by atoms with Crippen molar-refractivity contribution in [2.45, 2.75) is 19.9 Å². The molecule has 4 heteroatoms. The summed E-state index contributed by atoms with van der Waals surface area (Å²) in [4.78, 5) is 12.5. The van der Waals surface area contributed by atoms with E-state index in [0.717, 1.165) is 13.1 Å². The summed E-state index contributed by atoms with van der Waals surface area (Å²) in [6.07, 6.45) is 0. The van der Waals surface area contributed by atoms with Crippen LogP contribution in [0.1, 0.15) is 13.8 Å². The highest BCUT2D eigenvalue weighted by Gasteiger charge is 2.20. The topological polar surface area (TPSA) is 40.5 Å². The second kappa shape index (κ2) is 5.43. The molecule has 0 radical (unpaired) electrons. The number of hydrogen-bond donors (Lipinski definition) is 2. The summed E-state index contributed by atoms with van der Waals surface area (Å²) in [6, 6.07) is -0.437. The maximum absolute atomic E-state index is 10.6. The first-order chi connectivity index (χ1) is 5.17. The number of thiol groups is 1. The molecule has 0 saturated carbocycles. The fourth-order valence-electron chi connectivity index (χ4n) is 1.01. The van der Waals surface area contributed by atoms with E-state index in [9.17, 15) is 4.79 Å². The van der Waals surface area contributed by atoms with E-state index in [1.807, 2.05) is 18.7 Å². The molecule has 1 atom stereocenters. The van der Waals surface area contributed by atoms with Crippen LogP contribution in [0.25, 0.3) is 0 Å². The highest BCUT2D eigenvalue weighted by Crippen LogP contribution is 2.00. The van der Waals surface area contributed by atoms with E-state index >= 15 is 0 Å². The molecular weight excluding hydrogens is 162 g/mol. The van der Waals surface area contributed by atoms with Crippen molar-refractivity contribution in [3.8, 4) is 0 Å². The van der Waals surface area contributed by atoms with Crippen molar-refractivity contribution in [1.82, 2.24) is 4.90 Å². The lowest BCUT2D eigenvalue weighted by Gasteiger charge is -2.24. The molecule has 0 bridgehead atoms. The largest absolute Gasteiger partial charge is 0.480 e. The molecular formula is C7H15NO2S. The van der Waals surface area contributed by atoms with E-state index in [2.05, 4.69) is 12.6 Å². The quantitative estimate of drug-likeness (QED) is 0.608. The van der Waals surface area contributed by atoms with Crippen LogP contribution in [0.15, 0.2) is 0 Å². The Morgan fingerprint density at radius 3 is 2.09 bits per heavy atom. The Kier molecular flexibility index (Phi) is 5.32. The molecule has 0 spiro atoms. The van der Waals surface area contributed by atoms with Gasteiger partial charge in [-0.3, -0.25) is 9.69 Å². The number of nitrogens with zero attached hydrogens (tertiary/aromatic N) is 1. The standard InChI is InChI=1S/C7H15NO2S/c1-3-8(4-2)6(5-11)7(9)10/h6,11H,3-5H2,1-2H3,(H,9,10)/t6-/m0/s1. The van der Waals surface area contributed by atoms with Crippen LogP contribution in [0.5, 0.6) is 0 Å². The van der Waals surface area contributed by atoms with E-state index < -0.39 is 12.0 Å².